The number of benzene rings is 3. The van der Waals surface area contributed by atoms with Crippen LogP contribution in [0.1, 0.15) is 12.0 Å². The average molecular weight is 830 g/mol. The number of aromatic hydroxyl groups is 2. The van der Waals surface area contributed by atoms with Gasteiger partial charge >= 0.3 is 11.9 Å². The molecule has 0 amide bonds. The highest BCUT2D eigenvalue weighted by molar-refractivity contribution is 5.90. The molecule has 1 aliphatic carbocycles. The molecule has 59 heavy (non-hydrogen) atoms. The maximum absolute atomic E-state index is 12.9. The van der Waals surface area contributed by atoms with Crippen molar-refractivity contribution < 1.29 is 93.5 Å². The van der Waals surface area contributed by atoms with E-state index >= 15 is 0 Å². The Balaban J connectivity index is 1.28. The summed E-state index contributed by atoms with van der Waals surface area (Å²) in [7, 11) is 0. The van der Waals surface area contributed by atoms with Crippen molar-refractivity contribution in [2.75, 3.05) is 13.2 Å². The molecule has 1 unspecified atom stereocenters. The number of phenols is 2. The Hall–Kier alpha value is -5.65. The second-order valence-corrected chi connectivity index (χ2v) is 13.5. The summed E-state index contributed by atoms with van der Waals surface area (Å²) < 4.78 is 38.4. The highest BCUT2D eigenvalue weighted by Crippen LogP contribution is 2.43. The SMILES string of the molecule is O=C(O)CC(=O)O[C@H]1[C@H](O)[C@@H](O)[C@H](Oc2cc(=O)cc3oc(-c4ccc(O)cc4)c(O[C@@H]4O[C@H](C[OH+]C(O)C=Cc5ccc(O)cc5)[C@@H](O)[C@H](O)[C@H]4O)cc2-3)O[C@@H]1CO. The molecule has 2 saturated heterocycles. The molecule has 0 saturated carbocycles. The standard InChI is InChI=1S/C39H40O20/c40-15-26-37(59-30(47)14-28(44)45)33(50)35(52)39(57-26)55-24-12-21(43)11-23-22(24)13-25(36(54-23)18-4-8-20(42)9-5-18)56-38-34(51)32(49)31(48)27(58-38)16-53-29(46)10-3-17-1-6-19(41)7-2-17/h1-13,26-27,29,31-35,37-42,46,48-52H,14-16H2,(H,44,45)/p+1/t26-,27-,29?,31-,32+,33-,34-,35-,37-,38-,39-/m1/s1. The highest BCUT2D eigenvalue weighted by atomic mass is 16.7. The van der Waals surface area contributed by atoms with Crippen molar-refractivity contribution in [3.8, 4) is 45.6 Å². The predicted octanol–water partition coefficient (Wildman–Crippen LogP) is -1.23. The molecule has 4 aliphatic rings. The van der Waals surface area contributed by atoms with Crippen LogP contribution in [0, 0.1) is 0 Å². The minimum Gasteiger partial charge on any atom is -0.508 e. The van der Waals surface area contributed by atoms with Gasteiger partial charge in [0.15, 0.2) is 35.8 Å². The quantitative estimate of drug-likeness (QED) is 0.0308. The lowest BCUT2D eigenvalue weighted by Gasteiger charge is -2.41. The second kappa shape index (κ2) is 18.5. The van der Waals surface area contributed by atoms with Crippen LogP contribution in [0.15, 0.2) is 82.0 Å². The lowest BCUT2D eigenvalue weighted by atomic mass is 9.98. The molecule has 2 fully saturated rings. The van der Waals surface area contributed by atoms with Crippen LogP contribution in [0.25, 0.3) is 28.7 Å². The number of rotatable bonds is 14. The summed E-state index contributed by atoms with van der Waals surface area (Å²) in [6, 6.07) is 14.9. The normalized spacial score (nSPS) is 27.6. The molecule has 2 aromatic carbocycles. The summed E-state index contributed by atoms with van der Waals surface area (Å²) >= 11 is 0. The van der Waals surface area contributed by atoms with Gasteiger partial charge in [0, 0.05) is 23.8 Å². The number of carbonyl (C=O) groups is 2. The number of esters is 1. The molecule has 11 N–H and O–H groups in total. The maximum Gasteiger partial charge on any atom is 0.317 e. The van der Waals surface area contributed by atoms with Crippen LogP contribution in [0.2, 0.25) is 0 Å². The van der Waals surface area contributed by atoms with E-state index in [4.69, 9.17) is 33.2 Å². The minimum absolute atomic E-state index is 0.0380. The zero-order valence-electron chi connectivity index (χ0n) is 30.6. The number of fused-ring (bicyclic) bond motifs is 1. The van der Waals surface area contributed by atoms with E-state index in [-0.39, 0.29) is 45.6 Å². The summed E-state index contributed by atoms with van der Waals surface area (Å²) in [5.74, 6) is -3.68. The van der Waals surface area contributed by atoms with Gasteiger partial charge in [-0.05, 0) is 54.1 Å². The van der Waals surface area contributed by atoms with Crippen molar-refractivity contribution in [2.45, 2.75) is 74.1 Å². The molecule has 20 nitrogen and oxygen atoms in total. The number of aliphatic hydroxyl groups is 9. The van der Waals surface area contributed by atoms with Crippen LogP contribution in [0.3, 0.4) is 0 Å². The molecule has 3 heterocycles. The summed E-state index contributed by atoms with van der Waals surface area (Å²) in [5, 5.41) is 103. The third kappa shape index (κ3) is 10.1. The smallest absolute Gasteiger partial charge is 0.317 e. The van der Waals surface area contributed by atoms with Crippen LogP contribution < -0.4 is 14.9 Å². The largest absolute Gasteiger partial charge is 0.508 e. The number of carboxylic acids is 1. The van der Waals surface area contributed by atoms with Crippen LogP contribution in [0.5, 0.6) is 23.0 Å². The predicted molar refractivity (Wildman–Crippen MR) is 197 cm³/mol. The summed E-state index contributed by atoms with van der Waals surface area (Å²) in [6.45, 7) is -1.29. The zero-order chi connectivity index (χ0) is 42.5. The van der Waals surface area contributed by atoms with Crippen molar-refractivity contribution in [1.29, 1.82) is 0 Å². The first kappa shape index (κ1) is 42.9. The summed E-state index contributed by atoms with van der Waals surface area (Å²) in [6.07, 6.45) is -17.2. The maximum atomic E-state index is 12.9. The number of aliphatic carboxylic acids is 1. The van der Waals surface area contributed by atoms with Gasteiger partial charge in [-0.2, -0.15) is 0 Å². The zero-order valence-corrected chi connectivity index (χ0v) is 30.6. The van der Waals surface area contributed by atoms with Crippen molar-refractivity contribution in [2.24, 2.45) is 0 Å². The van der Waals surface area contributed by atoms with Gasteiger partial charge in [-0.15, -0.1) is 0 Å². The molecular formula is C39H41O20+. The van der Waals surface area contributed by atoms with Crippen molar-refractivity contribution in [3.05, 3.63) is 88.6 Å². The Bertz CT molecular complexity index is 2120. The molecule has 316 valence electrons. The fraction of sp³-hybridized carbons (Fsp3) is 0.359. The van der Waals surface area contributed by atoms with Gasteiger partial charge in [-0.3, -0.25) is 14.4 Å². The molecule has 0 radical (unpaired) electrons. The molecule has 0 bridgehead atoms. The first-order chi connectivity index (χ1) is 28.1. The van der Waals surface area contributed by atoms with Gasteiger partial charge in [0.25, 0.3) is 6.29 Å². The average Bonchev–Trinajstić information content (AvgIpc) is 3.20. The number of aliphatic hydroxyl groups excluding tert-OH is 7. The van der Waals surface area contributed by atoms with E-state index in [1.54, 1.807) is 12.1 Å². The third-order valence-electron chi connectivity index (χ3n) is 9.28. The number of ether oxygens (including phenoxy) is 6. The molecule has 6 rings (SSSR count). The lowest BCUT2D eigenvalue weighted by Crippen LogP contribution is -2.61. The molecule has 20 heteroatoms. The third-order valence-corrected chi connectivity index (χ3v) is 9.28. The monoisotopic (exact) mass is 829 g/mol. The Kier molecular flexibility index (Phi) is 13.5. The first-order valence-electron chi connectivity index (χ1n) is 17.9. The van der Waals surface area contributed by atoms with E-state index in [2.05, 4.69) is 4.74 Å². The second-order valence-electron chi connectivity index (χ2n) is 13.5. The van der Waals surface area contributed by atoms with Crippen molar-refractivity contribution in [3.63, 3.8) is 0 Å². The van der Waals surface area contributed by atoms with E-state index in [1.165, 1.54) is 54.6 Å². The van der Waals surface area contributed by atoms with Crippen LogP contribution in [-0.4, -0.2) is 149 Å². The topological polar surface area (TPSA) is 326 Å². The van der Waals surface area contributed by atoms with Crippen LogP contribution in [-0.2, 0) is 23.8 Å². The van der Waals surface area contributed by atoms with E-state index in [9.17, 15) is 60.3 Å². The van der Waals surface area contributed by atoms with E-state index in [0.29, 0.717) is 5.56 Å². The first-order valence-corrected chi connectivity index (χ1v) is 17.9. The van der Waals surface area contributed by atoms with Gasteiger partial charge in [0.2, 0.25) is 12.6 Å². The van der Waals surface area contributed by atoms with E-state index in [1.807, 2.05) is 0 Å². The van der Waals surface area contributed by atoms with Gasteiger partial charge < -0.3 is 83.9 Å². The molecule has 0 aromatic heterocycles. The van der Waals surface area contributed by atoms with Gasteiger partial charge in [0.1, 0.15) is 66.1 Å². The number of carboxylic acid groups (broad SMARTS) is 1. The molecule has 3 aliphatic heterocycles. The molecule has 0 spiro atoms. The fourth-order valence-corrected chi connectivity index (χ4v) is 6.24. The molecule has 11 atom stereocenters. The Labute approximate surface area is 332 Å². The fourth-order valence-electron chi connectivity index (χ4n) is 6.24. The Morgan fingerprint density at radius 3 is 2.03 bits per heavy atom. The van der Waals surface area contributed by atoms with Gasteiger partial charge in [0.05, 0.1) is 12.2 Å². The van der Waals surface area contributed by atoms with Crippen molar-refractivity contribution in [1.82, 2.24) is 0 Å². The highest BCUT2D eigenvalue weighted by Gasteiger charge is 2.49. The summed E-state index contributed by atoms with van der Waals surface area (Å²) in [4.78, 5) is 35.9. The summed E-state index contributed by atoms with van der Waals surface area (Å²) in [5.41, 5.74) is 0.192. The van der Waals surface area contributed by atoms with E-state index < -0.39 is 105 Å². The van der Waals surface area contributed by atoms with Crippen molar-refractivity contribution >= 4 is 18.0 Å². The van der Waals surface area contributed by atoms with Gasteiger partial charge in [-0.25, -0.2) is 0 Å². The number of phenolic OH excluding ortho intramolecular Hbond substituents is 2. The molecular weight excluding hydrogens is 788 g/mol. The van der Waals surface area contributed by atoms with Gasteiger partial charge in [-0.1, -0.05) is 12.1 Å². The van der Waals surface area contributed by atoms with E-state index in [0.717, 1.165) is 12.1 Å². The number of carbonyl (C=O) groups excluding carboxylic acids is 1. The number of hydrogen-bond donors (Lipinski definition) is 10. The van der Waals surface area contributed by atoms with Crippen LogP contribution >= 0.6 is 0 Å². The minimum atomic E-state index is -2.00. The Morgan fingerprint density at radius 1 is 0.780 bits per heavy atom. The lowest BCUT2D eigenvalue weighted by molar-refractivity contribution is -0.303. The Morgan fingerprint density at radius 2 is 1.39 bits per heavy atom. The van der Waals surface area contributed by atoms with Crippen LogP contribution in [0.4, 0.5) is 0 Å². The number of hydrogen-bond acceptors (Lipinski definition) is 18. The molecule has 2 aromatic rings.